The summed E-state index contributed by atoms with van der Waals surface area (Å²) in [4.78, 5) is 45.0. The summed E-state index contributed by atoms with van der Waals surface area (Å²) in [5, 5.41) is 7.15. The van der Waals surface area contributed by atoms with E-state index in [0.29, 0.717) is 35.1 Å². The Morgan fingerprint density at radius 1 is 1.25 bits per heavy atom. The number of hydrogen-bond donors (Lipinski definition) is 2. The number of likely N-dealkylation sites (tertiary alicyclic amines) is 1. The molecule has 3 aromatic rings. The predicted molar refractivity (Wildman–Crippen MR) is 121 cm³/mol. The first kappa shape index (κ1) is 20.7. The molecular weight excluding hydrogens is 426 g/mol. The van der Waals surface area contributed by atoms with Crippen molar-refractivity contribution in [1.29, 1.82) is 0 Å². The van der Waals surface area contributed by atoms with Gasteiger partial charge in [-0.15, -0.1) is 11.3 Å². The molecular formula is C22H25N7O2S. The number of aryl methyl sites for hydroxylation is 1. The molecule has 9 nitrogen and oxygen atoms in total. The normalized spacial score (nSPS) is 18.2. The number of anilines is 1. The first-order chi connectivity index (χ1) is 15.3. The van der Waals surface area contributed by atoms with Crippen LogP contribution in [0.3, 0.4) is 0 Å². The molecule has 2 N–H and O–H groups in total. The van der Waals surface area contributed by atoms with Crippen molar-refractivity contribution in [2.75, 3.05) is 18.4 Å². The van der Waals surface area contributed by atoms with Crippen molar-refractivity contribution in [2.24, 2.45) is 5.41 Å². The molecule has 0 aromatic carbocycles. The summed E-state index contributed by atoms with van der Waals surface area (Å²) < 4.78 is 0.685. The van der Waals surface area contributed by atoms with Gasteiger partial charge in [0.25, 0.3) is 5.91 Å². The van der Waals surface area contributed by atoms with Gasteiger partial charge in [-0.05, 0) is 38.3 Å². The SMILES string of the molecule is Cc1nc2nc(NC(C)c3cccnc3)nc(C(=O)N3CC(NC(=O)C4(C)CC4)C3)c2s1. The number of carbonyl (C=O) groups is 2. The molecule has 5 rings (SSSR count). The third-order valence-electron chi connectivity index (χ3n) is 6.15. The Morgan fingerprint density at radius 2 is 2.03 bits per heavy atom. The van der Waals surface area contributed by atoms with Crippen molar-refractivity contribution in [3.8, 4) is 0 Å². The zero-order valence-electron chi connectivity index (χ0n) is 18.3. The number of thiazole rings is 1. The van der Waals surface area contributed by atoms with Crippen LogP contribution in [-0.4, -0.2) is 55.8 Å². The molecule has 1 aliphatic carbocycles. The molecule has 2 fully saturated rings. The number of hydrogen-bond acceptors (Lipinski definition) is 8. The molecule has 166 valence electrons. The molecule has 1 unspecified atom stereocenters. The zero-order valence-corrected chi connectivity index (χ0v) is 19.1. The quantitative estimate of drug-likeness (QED) is 0.592. The Bertz CT molecular complexity index is 1190. The van der Waals surface area contributed by atoms with Crippen molar-refractivity contribution in [2.45, 2.75) is 45.7 Å². The predicted octanol–water partition coefficient (Wildman–Crippen LogP) is 2.70. The van der Waals surface area contributed by atoms with E-state index in [9.17, 15) is 9.59 Å². The lowest BCUT2D eigenvalue weighted by Gasteiger charge is -2.39. The van der Waals surface area contributed by atoms with Crippen LogP contribution in [0.15, 0.2) is 24.5 Å². The van der Waals surface area contributed by atoms with Gasteiger partial charge in [0.1, 0.15) is 4.70 Å². The van der Waals surface area contributed by atoms with E-state index in [1.54, 1.807) is 17.3 Å². The Labute approximate surface area is 189 Å². The van der Waals surface area contributed by atoms with Gasteiger partial charge < -0.3 is 15.5 Å². The van der Waals surface area contributed by atoms with Crippen LogP contribution in [0.25, 0.3) is 10.3 Å². The summed E-state index contributed by atoms with van der Waals surface area (Å²) in [5.41, 5.74) is 1.64. The average Bonchev–Trinajstić information content (AvgIpc) is 3.39. The highest BCUT2D eigenvalue weighted by molar-refractivity contribution is 7.18. The molecule has 10 heteroatoms. The maximum absolute atomic E-state index is 13.3. The van der Waals surface area contributed by atoms with E-state index in [1.807, 2.05) is 32.9 Å². The van der Waals surface area contributed by atoms with E-state index in [0.717, 1.165) is 23.4 Å². The van der Waals surface area contributed by atoms with E-state index in [-0.39, 0.29) is 29.3 Å². The summed E-state index contributed by atoms with van der Waals surface area (Å²) in [5.74, 6) is 0.281. The zero-order chi connectivity index (χ0) is 22.5. The molecule has 0 radical (unpaired) electrons. The van der Waals surface area contributed by atoms with Crippen LogP contribution in [0.1, 0.15) is 53.8 Å². The van der Waals surface area contributed by atoms with E-state index >= 15 is 0 Å². The summed E-state index contributed by atoms with van der Waals surface area (Å²) in [6, 6.07) is 3.75. The smallest absolute Gasteiger partial charge is 0.274 e. The third kappa shape index (κ3) is 3.90. The number of nitrogens with one attached hydrogen (secondary N) is 2. The van der Waals surface area contributed by atoms with E-state index in [4.69, 9.17) is 0 Å². The second-order valence-corrected chi connectivity index (χ2v) is 10.1. The van der Waals surface area contributed by atoms with Gasteiger partial charge in [-0.25, -0.2) is 9.97 Å². The standard InChI is InChI=1S/C22H25N7O2S/c1-12(14-5-4-8-23-9-14)24-21-27-16(17-18(28-21)25-13(2)32-17)19(30)29-10-15(11-29)26-20(31)22(3)6-7-22/h4-5,8-9,12,15H,6-7,10-11H2,1-3H3,(H,26,31)(H,24,27,28). The lowest BCUT2D eigenvalue weighted by Crippen LogP contribution is -2.61. The molecule has 1 aliphatic heterocycles. The average molecular weight is 452 g/mol. The third-order valence-corrected chi connectivity index (χ3v) is 7.11. The first-order valence-electron chi connectivity index (χ1n) is 10.7. The second kappa shape index (κ2) is 7.77. The minimum atomic E-state index is -0.213. The Kier molecular flexibility index (Phi) is 5.04. The van der Waals surface area contributed by atoms with Crippen molar-refractivity contribution in [3.05, 3.63) is 40.8 Å². The molecule has 1 saturated carbocycles. The van der Waals surface area contributed by atoms with Gasteiger partial charge in [0, 0.05) is 30.9 Å². The van der Waals surface area contributed by atoms with Crippen molar-refractivity contribution in [1.82, 2.24) is 30.2 Å². The Morgan fingerprint density at radius 3 is 2.72 bits per heavy atom. The minimum Gasteiger partial charge on any atom is -0.349 e. The lowest BCUT2D eigenvalue weighted by molar-refractivity contribution is -0.127. The molecule has 2 amide bonds. The van der Waals surface area contributed by atoms with E-state index < -0.39 is 0 Å². The number of aromatic nitrogens is 4. The van der Waals surface area contributed by atoms with Gasteiger partial charge in [-0.2, -0.15) is 4.98 Å². The van der Waals surface area contributed by atoms with Crippen LogP contribution in [-0.2, 0) is 4.79 Å². The van der Waals surface area contributed by atoms with Gasteiger partial charge in [-0.1, -0.05) is 13.0 Å². The highest BCUT2D eigenvalue weighted by Gasteiger charge is 2.46. The highest BCUT2D eigenvalue weighted by Crippen LogP contribution is 2.45. The molecule has 0 spiro atoms. The van der Waals surface area contributed by atoms with Crippen molar-refractivity contribution >= 4 is 39.4 Å². The number of amides is 2. The van der Waals surface area contributed by atoms with Gasteiger partial charge in [0.05, 0.1) is 17.1 Å². The van der Waals surface area contributed by atoms with Crippen molar-refractivity contribution in [3.63, 3.8) is 0 Å². The molecule has 32 heavy (non-hydrogen) atoms. The Hall–Kier alpha value is -3.14. The highest BCUT2D eigenvalue weighted by atomic mass is 32.1. The van der Waals surface area contributed by atoms with Crippen LogP contribution in [0.5, 0.6) is 0 Å². The molecule has 4 heterocycles. The molecule has 3 aromatic heterocycles. The number of nitrogens with zero attached hydrogens (tertiary/aromatic N) is 5. The maximum atomic E-state index is 13.3. The molecule has 1 atom stereocenters. The van der Waals surface area contributed by atoms with Crippen LogP contribution < -0.4 is 10.6 Å². The monoisotopic (exact) mass is 451 g/mol. The molecule has 1 saturated heterocycles. The van der Waals surface area contributed by atoms with E-state index in [2.05, 4.69) is 30.6 Å². The number of fused-ring (bicyclic) bond motifs is 1. The summed E-state index contributed by atoms with van der Waals surface area (Å²) >= 11 is 1.41. The number of rotatable bonds is 6. The summed E-state index contributed by atoms with van der Waals surface area (Å²) in [6.07, 6.45) is 5.38. The summed E-state index contributed by atoms with van der Waals surface area (Å²) in [6.45, 7) is 6.83. The fraction of sp³-hybridized carbons (Fsp3) is 0.455. The van der Waals surface area contributed by atoms with Gasteiger partial charge in [-0.3, -0.25) is 14.6 Å². The van der Waals surface area contributed by atoms with Crippen molar-refractivity contribution < 1.29 is 9.59 Å². The van der Waals surface area contributed by atoms with Crippen LogP contribution in [0.4, 0.5) is 5.95 Å². The number of carbonyl (C=O) groups excluding carboxylic acids is 2. The first-order valence-corrected chi connectivity index (χ1v) is 11.6. The largest absolute Gasteiger partial charge is 0.349 e. The number of pyridine rings is 1. The minimum absolute atomic E-state index is 0.00685. The summed E-state index contributed by atoms with van der Waals surface area (Å²) in [7, 11) is 0. The van der Waals surface area contributed by atoms with Gasteiger partial charge in [0.2, 0.25) is 11.9 Å². The van der Waals surface area contributed by atoms with Gasteiger partial charge in [0.15, 0.2) is 11.3 Å². The van der Waals surface area contributed by atoms with Gasteiger partial charge >= 0.3 is 0 Å². The lowest BCUT2D eigenvalue weighted by atomic mass is 10.0. The Balaban J connectivity index is 1.33. The molecule has 2 aliphatic rings. The molecule has 0 bridgehead atoms. The fourth-order valence-electron chi connectivity index (χ4n) is 3.71. The second-order valence-electron chi connectivity index (χ2n) is 8.87. The van der Waals surface area contributed by atoms with Crippen LogP contribution >= 0.6 is 11.3 Å². The van der Waals surface area contributed by atoms with Crippen LogP contribution in [0.2, 0.25) is 0 Å². The van der Waals surface area contributed by atoms with E-state index in [1.165, 1.54) is 11.3 Å². The maximum Gasteiger partial charge on any atom is 0.274 e. The fourth-order valence-corrected chi connectivity index (χ4v) is 4.55. The topological polar surface area (TPSA) is 113 Å². The van der Waals surface area contributed by atoms with Crippen LogP contribution in [0, 0.1) is 12.3 Å².